The zero-order valence-corrected chi connectivity index (χ0v) is 23.3. The van der Waals surface area contributed by atoms with Gasteiger partial charge in [-0.25, -0.2) is 4.98 Å². The minimum atomic E-state index is -0.247. The Morgan fingerprint density at radius 2 is 1.76 bits per heavy atom. The van der Waals surface area contributed by atoms with Crippen LogP contribution in [-0.4, -0.2) is 89.5 Å². The van der Waals surface area contributed by atoms with Crippen LogP contribution in [0.4, 0.5) is 5.82 Å². The highest BCUT2D eigenvalue weighted by molar-refractivity contribution is 6.32. The Hall–Kier alpha value is -2.77. The van der Waals surface area contributed by atoms with Gasteiger partial charge in [0.1, 0.15) is 11.1 Å². The molecule has 4 rings (SSSR count). The van der Waals surface area contributed by atoms with Crippen LogP contribution in [0.2, 0.25) is 5.02 Å². The highest BCUT2D eigenvalue weighted by Crippen LogP contribution is 2.22. The first-order valence-corrected chi connectivity index (χ1v) is 14.1. The number of nitrogens with one attached hydrogen (secondary N) is 1. The number of carbonyl (C=O) groups excluding carboxylic acids is 1. The molecule has 3 heterocycles. The summed E-state index contributed by atoms with van der Waals surface area (Å²) < 4.78 is 0. The van der Waals surface area contributed by atoms with Crippen LogP contribution in [0.1, 0.15) is 54.9 Å². The molecule has 38 heavy (non-hydrogen) atoms. The second-order valence-electron chi connectivity index (χ2n) is 10.6. The Bertz CT molecular complexity index is 1110. The largest absolute Gasteiger partial charge is 0.302 e. The van der Waals surface area contributed by atoms with Gasteiger partial charge in [-0.2, -0.15) is 10.2 Å². The van der Waals surface area contributed by atoms with Gasteiger partial charge in [-0.1, -0.05) is 44.0 Å². The highest BCUT2D eigenvalue weighted by atomic mass is 35.5. The molecule has 2 aliphatic heterocycles. The molecule has 2 saturated heterocycles. The molecule has 0 saturated carbocycles. The molecule has 1 aromatic carbocycles. The first-order chi connectivity index (χ1) is 18.4. The molecule has 0 aliphatic carbocycles. The summed E-state index contributed by atoms with van der Waals surface area (Å²) in [6.45, 7) is 14.5. The fourth-order valence-electron chi connectivity index (χ4n) is 5.04. The number of anilines is 1. The van der Waals surface area contributed by atoms with E-state index in [2.05, 4.69) is 36.2 Å². The molecule has 204 valence electrons. The van der Waals surface area contributed by atoms with Crippen LogP contribution in [0.5, 0.6) is 0 Å². The van der Waals surface area contributed by atoms with E-state index in [4.69, 9.17) is 11.6 Å². The average Bonchev–Trinajstić information content (AvgIpc) is 2.93. The maximum Gasteiger partial charge on any atom is 0.269 e. The number of hydrogen-bond acceptors (Lipinski definition) is 8. The molecule has 0 bridgehead atoms. The van der Waals surface area contributed by atoms with E-state index in [0.29, 0.717) is 17.9 Å². The Balaban J connectivity index is 1.32. The number of amides is 1. The van der Waals surface area contributed by atoms with Crippen LogP contribution in [0.3, 0.4) is 0 Å². The Morgan fingerprint density at radius 1 is 1.08 bits per heavy atom. The molecule has 1 amide bonds. The summed E-state index contributed by atoms with van der Waals surface area (Å²) in [4.78, 5) is 29.0. The third-order valence-electron chi connectivity index (χ3n) is 7.11. The number of benzene rings is 1. The Kier molecular flexibility index (Phi) is 10.3. The summed E-state index contributed by atoms with van der Waals surface area (Å²) in [5.41, 5.74) is 4.62. The number of hydrazine groups is 1. The maximum absolute atomic E-state index is 13.2. The number of halogens is 1. The molecular formula is C28H39ClN8O. The highest BCUT2D eigenvalue weighted by Gasteiger charge is 2.21. The van der Waals surface area contributed by atoms with Gasteiger partial charge >= 0.3 is 0 Å². The molecular weight excluding hydrogens is 500 g/mol. The third-order valence-corrected chi connectivity index (χ3v) is 7.37. The van der Waals surface area contributed by atoms with E-state index in [1.165, 1.54) is 45.1 Å². The molecule has 2 aromatic rings. The molecule has 10 heteroatoms. The lowest BCUT2D eigenvalue weighted by molar-refractivity contribution is 0.0946. The summed E-state index contributed by atoms with van der Waals surface area (Å²) >= 11 is 6.33. The number of rotatable bonds is 10. The number of nitrogens with zero attached hydrogens (tertiary/aromatic N) is 7. The van der Waals surface area contributed by atoms with Crippen LogP contribution in [0, 0.1) is 17.2 Å². The van der Waals surface area contributed by atoms with E-state index in [1.807, 2.05) is 38.1 Å². The monoisotopic (exact) mass is 538 g/mol. The van der Waals surface area contributed by atoms with Crippen LogP contribution < -0.4 is 10.4 Å². The van der Waals surface area contributed by atoms with Crippen LogP contribution in [0.15, 0.2) is 30.5 Å². The maximum atomic E-state index is 13.2. The SMILES string of the molecule is CC(C)CN(NC(=O)c1cccc(CN2CCN(CCN3CCCCC3)CC2)c1)c1nc(C#N)ncc1Cl. The van der Waals surface area contributed by atoms with Crippen molar-refractivity contribution in [2.45, 2.75) is 39.7 Å². The van der Waals surface area contributed by atoms with E-state index in [9.17, 15) is 10.1 Å². The number of likely N-dealkylation sites (tertiary alicyclic amines) is 1. The van der Waals surface area contributed by atoms with E-state index < -0.39 is 0 Å². The Labute approximate surface area is 231 Å². The zero-order valence-electron chi connectivity index (χ0n) is 22.6. The van der Waals surface area contributed by atoms with Crippen molar-refractivity contribution in [1.82, 2.24) is 30.1 Å². The number of carbonyl (C=O) groups is 1. The molecule has 0 spiro atoms. The van der Waals surface area contributed by atoms with Crippen molar-refractivity contribution in [3.63, 3.8) is 0 Å². The zero-order chi connectivity index (χ0) is 26.9. The van der Waals surface area contributed by atoms with Crippen molar-refractivity contribution in [2.75, 3.05) is 63.9 Å². The standard InChI is InChI=1S/C28H39ClN8O/c1-22(2)20-37(27-25(29)19-31-26(18-30)32-27)33-28(38)24-8-6-7-23(17-24)21-36-15-13-35(14-16-36)12-11-34-9-4-3-5-10-34/h6-8,17,19,22H,3-5,9-16,20-21H2,1-2H3,(H,33,38). The van der Waals surface area contributed by atoms with Gasteiger partial charge < -0.3 is 4.90 Å². The van der Waals surface area contributed by atoms with Gasteiger partial charge in [-0.3, -0.25) is 25.0 Å². The fraction of sp³-hybridized carbons (Fsp3) is 0.571. The van der Waals surface area contributed by atoms with E-state index in [0.717, 1.165) is 44.8 Å². The molecule has 1 aromatic heterocycles. The van der Waals surface area contributed by atoms with Crippen molar-refractivity contribution in [3.05, 3.63) is 52.4 Å². The van der Waals surface area contributed by atoms with Gasteiger partial charge in [0.05, 0.1) is 6.20 Å². The summed E-state index contributed by atoms with van der Waals surface area (Å²) in [7, 11) is 0. The molecule has 0 atom stereocenters. The van der Waals surface area contributed by atoms with Gasteiger partial charge in [0.2, 0.25) is 5.82 Å². The average molecular weight is 539 g/mol. The van der Waals surface area contributed by atoms with Gasteiger partial charge in [0.15, 0.2) is 5.82 Å². The van der Waals surface area contributed by atoms with Gasteiger partial charge in [0.25, 0.3) is 5.91 Å². The van der Waals surface area contributed by atoms with Gasteiger partial charge in [-0.15, -0.1) is 0 Å². The van der Waals surface area contributed by atoms with Gasteiger partial charge in [-0.05, 0) is 49.5 Å². The van der Waals surface area contributed by atoms with E-state index in [1.54, 1.807) is 5.01 Å². The normalized spacial score (nSPS) is 17.3. The molecule has 0 unspecified atom stereocenters. The second kappa shape index (κ2) is 13.9. The number of aromatic nitrogens is 2. The minimum Gasteiger partial charge on any atom is -0.302 e. The lowest BCUT2D eigenvalue weighted by atomic mass is 10.1. The Morgan fingerprint density at radius 3 is 2.45 bits per heavy atom. The van der Waals surface area contributed by atoms with Crippen molar-refractivity contribution in [2.24, 2.45) is 5.92 Å². The first-order valence-electron chi connectivity index (χ1n) is 13.7. The quantitative estimate of drug-likeness (QED) is 0.460. The molecule has 9 nitrogen and oxygen atoms in total. The van der Waals surface area contributed by atoms with Crippen molar-refractivity contribution in [1.29, 1.82) is 5.26 Å². The lowest BCUT2D eigenvalue weighted by Gasteiger charge is -2.36. The summed E-state index contributed by atoms with van der Waals surface area (Å²) in [5, 5.41) is 11.1. The molecule has 0 radical (unpaired) electrons. The van der Waals surface area contributed by atoms with Crippen LogP contribution >= 0.6 is 11.6 Å². The van der Waals surface area contributed by atoms with Crippen LogP contribution in [0.25, 0.3) is 0 Å². The van der Waals surface area contributed by atoms with Crippen LogP contribution in [-0.2, 0) is 6.54 Å². The third kappa shape index (κ3) is 8.11. The van der Waals surface area contributed by atoms with E-state index >= 15 is 0 Å². The predicted molar refractivity (Wildman–Crippen MR) is 150 cm³/mol. The second-order valence-corrected chi connectivity index (χ2v) is 11.1. The smallest absolute Gasteiger partial charge is 0.269 e. The summed E-state index contributed by atoms with van der Waals surface area (Å²) in [5.74, 6) is 0.288. The topological polar surface area (TPSA) is 91.6 Å². The molecule has 2 fully saturated rings. The number of piperazine rings is 1. The first kappa shape index (κ1) is 28.2. The fourth-order valence-corrected chi connectivity index (χ4v) is 5.24. The van der Waals surface area contributed by atoms with Crippen molar-refractivity contribution >= 4 is 23.3 Å². The lowest BCUT2D eigenvalue weighted by Crippen LogP contribution is -2.48. The summed E-state index contributed by atoms with van der Waals surface area (Å²) in [6, 6.07) is 9.70. The number of hydrogen-bond donors (Lipinski definition) is 1. The predicted octanol–water partition coefficient (Wildman–Crippen LogP) is 3.41. The number of piperidine rings is 1. The van der Waals surface area contributed by atoms with Crippen molar-refractivity contribution in [3.8, 4) is 6.07 Å². The summed E-state index contributed by atoms with van der Waals surface area (Å²) in [6.07, 6.45) is 5.46. The van der Waals surface area contributed by atoms with E-state index in [-0.39, 0.29) is 22.7 Å². The molecule has 2 aliphatic rings. The van der Waals surface area contributed by atoms with Crippen molar-refractivity contribution < 1.29 is 4.79 Å². The minimum absolute atomic E-state index is 0.000921. The molecule has 1 N–H and O–H groups in total. The number of nitriles is 1. The van der Waals surface area contributed by atoms with Gasteiger partial charge in [0, 0.05) is 57.9 Å².